The standard InChI is InChI=1S/C29H44N2O3/c1-2-3-4-5-6-7-8-9-10-11-12-13-14-15-16-21-28(32)31-27(29(33)34)22-24-23-30-26-20-18-17-19-25(24)26/h9-10,17-20,23,27,30H,2-8,11-16,21-22H2,1H3,(H,31,32)(H,33,34)/b10-9-. The Kier molecular flexibility index (Phi) is 13.8. The van der Waals surface area contributed by atoms with Gasteiger partial charge in [-0.25, -0.2) is 4.79 Å². The summed E-state index contributed by atoms with van der Waals surface area (Å²) in [7, 11) is 0. The van der Waals surface area contributed by atoms with Crippen molar-refractivity contribution >= 4 is 22.8 Å². The van der Waals surface area contributed by atoms with E-state index in [9.17, 15) is 14.7 Å². The van der Waals surface area contributed by atoms with Gasteiger partial charge in [-0.1, -0.05) is 88.6 Å². The average Bonchev–Trinajstić information content (AvgIpc) is 3.24. The monoisotopic (exact) mass is 468 g/mol. The van der Waals surface area contributed by atoms with Crippen LogP contribution in [-0.4, -0.2) is 28.0 Å². The van der Waals surface area contributed by atoms with Crippen molar-refractivity contribution in [3.05, 3.63) is 48.2 Å². The summed E-state index contributed by atoms with van der Waals surface area (Å²) < 4.78 is 0. The molecule has 3 N–H and O–H groups in total. The van der Waals surface area contributed by atoms with Crippen LogP contribution in [0.2, 0.25) is 0 Å². The first-order chi connectivity index (χ1) is 16.6. The second-order valence-electron chi connectivity index (χ2n) is 9.36. The maximum absolute atomic E-state index is 12.3. The first kappa shape index (κ1) is 27.7. The molecule has 0 radical (unpaired) electrons. The number of aromatic nitrogens is 1. The van der Waals surface area contributed by atoms with Crippen LogP contribution in [-0.2, 0) is 16.0 Å². The Hall–Kier alpha value is -2.56. The highest BCUT2D eigenvalue weighted by molar-refractivity contribution is 5.86. The van der Waals surface area contributed by atoms with Crippen molar-refractivity contribution in [1.29, 1.82) is 0 Å². The van der Waals surface area contributed by atoms with Crippen LogP contribution in [0.15, 0.2) is 42.6 Å². The maximum atomic E-state index is 12.3. The van der Waals surface area contributed by atoms with Gasteiger partial charge in [0.25, 0.3) is 0 Å². The number of fused-ring (bicyclic) bond motifs is 1. The van der Waals surface area contributed by atoms with Crippen molar-refractivity contribution in [3.8, 4) is 0 Å². The lowest BCUT2D eigenvalue weighted by Crippen LogP contribution is -2.42. The van der Waals surface area contributed by atoms with Gasteiger partial charge in [0.05, 0.1) is 0 Å². The van der Waals surface area contributed by atoms with Crippen molar-refractivity contribution in [1.82, 2.24) is 10.3 Å². The fourth-order valence-electron chi connectivity index (χ4n) is 4.34. The van der Waals surface area contributed by atoms with Crippen molar-refractivity contribution in [2.45, 2.75) is 109 Å². The first-order valence-electron chi connectivity index (χ1n) is 13.3. The molecule has 5 heteroatoms. The number of hydrogen-bond acceptors (Lipinski definition) is 2. The number of aromatic amines is 1. The van der Waals surface area contributed by atoms with Gasteiger partial charge < -0.3 is 15.4 Å². The summed E-state index contributed by atoms with van der Waals surface area (Å²) in [6.07, 6.45) is 22.9. The molecule has 1 unspecified atom stereocenters. The van der Waals surface area contributed by atoms with E-state index in [-0.39, 0.29) is 12.3 Å². The van der Waals surface area contributed by atoms with Crippen LogP contribution in [0.3, 0.4) is 0 Å². The zero-order chi connectivity index (χ0) is 24.4. The molecule has 0 aliphatic heterocycles. The fraction of sp³-hybridized carbons (Fsp3) is 0.586. The Bertz CT molecular complexity index is 871. The smallest absolute Gasteiger partial charge is 0.326 e. The minimum atomic E-state index is -0.997. The molecule has 1 heterocycles. The van der Waals surface area contributed by atoms with Gasteiger partial charge in [-0.15, -0.1) is 0 Å². The molecule has 0 saturated carbocycles. The number of H-pyrrole nitrogens is 1. The van der Waals surface area contributed by atoms with E-state index in [0.29, 0.717) is 6.42 Å². The minimum Gasteiger partial charge on any atom is -0.480 e. The Labute approximate surface area is 205 Å². The SMILES string of the molecule is CCCCCCCC/C=C\CCCCCCCC(=O)NC(Cc1c[nH]c2ccccc12)C(=O)O. The number of carboxylic acid groups (broad SMARTS) is 1. The van der Waals surface area contributed by atoms with Crippen molar-refractivity contribution in [2.75, 3.05) is 0 Å². The molecule has 0 spiro atoms. The lowest BCUT2D eigenvalue weighted by molar-refractivity contribution is -0.141. The van der Waals surface area contributed by atoms with Gasteiger partial charge in [-0.3, -0.25) is 4.79 Å². The molecule has 1 aromatic heterocycles. The molecule has 5 nitrogen and oxygen atoms in total. The molecule has 2 aromatic rings. The van der Waals surface area contributed by atoms with E-state index >= 15 is 0 Å². The van der Waals surface area contributed by atoms with E-state index < -0.39 is 12.0 Å². The maximum Gasteiger partial charge on any atom is 0.326 e. The predicted molar refractivity (Wildman–Crippen MR) is 141 cm³/mol. The summed E-state index contributed by atoms with van der Waals surface area (Å²) in [5.41, 5.74) is 1.88. The van der Waals surface area contributed by atoms with Crippen LogP contribution in [0.1, 0.15) is 102 Å². The predicted octanol–water partition coefficient (Wildman–Crippen LogP) is 7.32. The molecular weight excluding hydrogens is 424 g/mol. The molecule has 34 heavy (non-hydrogen) atoms. The number of benzene rings is 1. The molecule has 0 aliphatic carbocycles. The third-order valence-corrected chi connectivity index (χ3v) is 6.40. The van der Waals surface area contributed by atoms with Gasteiger partial charge in [0, 0.05) is 29.9 Å². The summed E-state index contributed by atoms with van der Waals surface area (Å²) in [6.45, 7) is 2.25. The number of carbonyl (C=O) groups is 2. The third kappa shape index (κ3) is 11.0. The molecule has 1 amide bonds. The largest absolute Gasteiger partial charge is 0.480 e. The Morgan fingerprint density at radius 1 is 0.912 bits per heavy atom. The highest BCUT2D eigenvalue weighted by atomic mass is 16.4. The Morgan fingerprint density at radius 2 is 1.53 bits per heavy atom. The minimum absolute atomic E-state index is 0.176. The lowest BCUT2D eigenvalue weighted by Gasteiger charge is -2.14. The van der Waals surface area contributed by atoms with Crippen LogP contribution in [0.25, 0.3) is 10.9 Å². The molecular formula is C29H44N2O3. The first-order valence-corrected chi connectivity index (χ1v) is 13.3. The zero-order valence-corrected chi connectivity index (χ0v) is 21.0. The van der Waals surface area contributed by atoms with Gasteiger partial charge in [0.2, 0.25) is 5.91 Å². The van der Waals surface area contributed by atoms with E-state index in [1.165, 1.54) is 57.8 Å². The molecule has 2 rings (SSSR count). The molecule has 188 valence electrons. The molecule has 0 fully saturated rings. The fourth-order valence-corrected chi connectivity index (χ4v) is 4.34. The van der Waals surface area contributed by atoms with Crippen LogP contribution < -0.4 is 5.32 Å². The summed E-state index contributed by atoms with van der Waals surface area (Å²) in [4.78, 5) is 27.1. The molecule has 1 atom stereocenters. The van der Waals surface area contributed by atoms with Crippen LogP contribution in [0.5, 0.6) is 0 Å². The zero-order valence-electron chi connectivity index (χ0n) is 21.0. The molecule has 0 aliphatic rings. The second kappa shape index (κ2) is 17.0. The molecule has 1 aromatic carbocycles. The molecule has 0 saturated heterocycles. The number of para-hydroxylation sites is 1. The number of hydrogen-bond donors (Lipinski definition) is 3. The van der Waals surface area contributed by atoms with Crippen molar-refractivity contribution in [2.24, 2.45) is 0 Å². The topological polar surface area (TPSA) is 82.2 Å². The quantitative estimate of drug-likeness (QED) is 0.149. The number of rotatable bonds is 19. The number of amides is 1. The Morgan fingerprint density at radius 3 is 2.21 bits per heavy atom. The van der Waals surface area contributed by atoms with Crippen molar-refractivity contribution < 1.29 is 14.7 Å². The Balaban J connectivity index is 1.52. The summed E-state index contributed by atoms with van der Waals surface area (Å²) in [5, 5.41) is 13.3. The molecule has 0 bridgehead atoms. The number of aliphatic carboxylic acids is 1. The van der Waals surface area contributed by atoms with Crippen LogP contribution in [0.4, 0.5) is 0 Å². The highest BCUT2D eigenvalue weighted by Crippen LogP contribution is 2.19. The summed E-state index contributed by atoms with van der Waals surface area (Å²) >= 11 is 0. The van der Waals surface area contributed by atoms with Gasteiger partial charge >= 0.3 is 5.97 Å². The number of carboxylic acids is 1. The second-order valence-corrected chi connectivity index (χ2v) is 9.36. The van der Waals surface area contributed by atoms with E-state index in [0.717, 1.165) is 42.1 Å². The summed E-state index contributed by atoms with van der Waals surface area (Å²) in [6, 6.07) is 6.89. The van der Waals surface area contributed by atoms with Gasteiger partial charge in [0.1, 0.15) is 6.04 Å². The van der Waals surface area contributed by atoms with E-state index in [1.807, 2.05) is 30.5 Å². The lowest BCUT2D eigenvalue weighted by atomic mass is 10.0. The third-order valence-electron chi connectivity index (χ3n) is 6.40. The number of unbranched alkanes of at least 4 members (excludes halogenated alkanes) is 11. The number of nitrogens with one attached hydrogen (secondary N) is 2. The van der Waals surface area contributed by atoms with Gasteiger partial charge in [-0.2, -0.15) is 0 Å². The number of allylic oxidation sites excluding steroid dienone is 2. The van der Waals surface area contributed by atoms with E-state index in [1.54, 1.807) is 0 Å². The summed E-state index contributed by atoms with van der Waals surface area (Å²) in [5.74, 6) is -1.17. The highest BCUT2D eigenvalue weighted by Gasteiger charge is 2.21. The normalized spacial score (nSPS) is 12.4. The van der Waals surface area contributed by atoms with Crippen molar-refractivity contribution in [3.63, 3.8) is 0 Å². The van der Waals surface area contributed by atoms with E-state index in [2.05, 4.69) is 29.4 Å². The number of carbonyl (C=O) groups excluding carboxylic acids is 1. The van der Waals surface area contributed by atoms with E-state index in [4.69, 9.17) is 0 Å². The van der Waals surface area contributed by atoms with Crippen LogP contribution >= 0.6 is 0 Å². The van der Waals surface area contributed by atoms with Gasteiger partial charge in [0.15, 0.2) is 0 Å². The van der Waals surface area contributed by atoms with Crippen LogP contribution in [0, 0.1) is 0 Å². The van der Waals surface area contributed by atoms with Gasteiger partial charge in [-0.05, 0) is 43.7 Å². The average molecular weight is 469 g/mol.